The second-order valence-electron chi connectivity index (χ2n) is 11.1. The molecule has 0 radical (unpaired) electrons. The molecule has 212 valence electrons. The molecule has 3 aliphatic rings. The number of carbonyl (C=O) groups excluding carboxylic acids is 1. The molecule has 2 saturated heterocycles. The fourth-order valence-electron chi connectivity index (χ4n) is 6.09. The summed E-state index contributed by atoms with van der Waals surface area (Å²) in [6, 6.07) is 12.4. The third kappa shape index (κ3) is 5.77. The molecule has 2 unspecified atom stereocenters. The second-order valence-corrected chi connectivity index (χ2v) is 12.7. The number of nitrogens with zero attached hydrogens (tertiary/aromatic N) is 3. The fourth-order valence-corrected chi connectivity index (χ4v) is 6.45. The molecule has 2 aliphatic heterocycles. The largest absolute Gasteiger partial charge is 0.373 e. The van der Waals surface area contributed by atoms with Gasteiger partial charge >= 0.3 is 0 Å². The van der Waals surface area contributed by atoms with Gasteiger partial charge in [0.05, 0.1) is 24.0 Å². The Hall–Kier alpha value is -3.28. The van der Waals surface area contributed by atoms with E-state index in [9.17, 15) is 13.2 Å². The Bertz CT molecular complexity index is 1470. The molecular weight excluding hydrogens is 532 g/mol. The molecule has 1 aliphatic carbocycles. The lowest BCUT2D eigenvalue weighted by Gasteiger charge is -2.39. The lowest BCUT2D eigenvalue weighted by atomic mass is 9.98. The fraction of sp³-hybridized carbons (Fsp3) is 0.483. The maximum Gasteiger partial charge on any atom is 0.266 e. The van der Waals surface area contributed by atoms with Gasteiger partial charge in [-0.15, -0.1) is 0 Å². The number of piperidine rings is 1. The summed E-state index contributed by atoms with van der Waals surface area (Å²) in [6.45, 7) is 2.42. The van der Waals surface area contributed by atoms with Crippen LogP contribution in [0.25, 0.3) is 11.3 Å². The van der Waals surface area contributed by atoms with Crippen LogP contribution in [-0.2, 0) is 21.5 Å². The van der Waals surface area contributed by atoms with Gasteiger partial charge in [-0.1, -0.05) is 29.4 Å². The summed E-state index contributed by atoms with van der Waals surface area (Å²) in [6.07, 6.45) is 7.86. The summed E-state index contributed by atoms with van der Waals surface area (Å²) >= 11 is 0. The van der Waals surface area contributed by atoms with Crippen LogP contribution in [0.1, 0.15) is 71.7 Å². The van der Waals surface area contributed by atoms with Crippen molar-refractivity contribution >= 4 is 21.8 Å². The van der Waals surface area contributed by atoms with Crippen LogP contribution < -0.4 is 10.2 Å². The summed E-state index contributed by atoms with van der Waals surface area (Å²) in [5.74, 6) is 1.29. The minimum absolute atomic E-state index is 0.133. The van der Waals surface area contributed by atoms with Gasteiger partial charge < -0.3 is 19.5 Å². The summed E-state index contributed by atoms with van der Waals surface area (Å²) in [5, 5.41) is 6.96. The van der Waals surface area contributed by atoms with Crippen molar-refractivity contribution in [3.8, 4) is 11.3 Å². The number of fused-ring (bicyclic) bond motifs is 2. The average molecular weight is 567 g/mol. The SMILES string of the molecule is Cc1ccccc1-c1noc(C2CC2)c1COC1CC2CC[C@@H](C1)N2c1ccc(C(=O)NCCS(=O)(=O)O)cn1. The lowest BCUT2D eigenvalue weighted by molar-refractivity contribution is 0.0146. The lowest BCUT2D eigenvalue weighted by Crippen LogP contribution is -2.46. The number of rotatable bonds is 10. The number of ether oxygens (including phenoxy) is 1. The summed E-state index contributed by atoms with van der Waals surface area (Å²) in [4.78, 5) is 19.2. The average Bonchev–Trinajstić information content (AvgIpc) is 3.63. The molecule has 6 rings (SSSR count). The van der Waals surface area contributed by atoms with Gasteiger partial charge in [-0.2, -0.15) is 8.42 Å². The number of benzene rings is 1. The summed E-state index contributed by atoms with van der Waals surface area (Å²) in [7, 11) is -4.13. The highest BCUT2D eigenvalue weighted by Gasteiger charge is 2.42. The second kappa shape index (κ2) is 10.9. The summed E-state index contributed by atoms with van der Waals surface area (Å²) in [5.41, 5.74) is 4.58. The Morgan fingerprint density at radius 1 is 1.12 bits per heavy atom. The highest BCUT2D eigenvalue weighted by atomic mass is 32.2. The molecule has 1 saturated carbocycles. The zero-order chi connectivity index (χ0) is 27.9. The standard InChI is InChI=1S/C29H34N4O6S/c1-18-4-2-3-5-24(18)27-25(28(39-32-27)19-6-7-19)17-38-23-14-21-9-10-22(15-23)33(21)26-11-8-20(16-31-26)29(34)30-12-13-40(35,36)37/h2-5,8,11,16,19,21-23H,6-7,9-10,12-15,17H2,1H3,(H,30,34)(H,35,36,37)/t21-,22?,23?/m0/s1. The number of aromatic nitrogens is 2. The molecular formula is C29H34N4O6S. The Kier molecular flexibility index (Phi) is 7.37. The van der Waals surface area contributed by atoms with E-state index in [1.165, 1.54) is 11.8 Å². The Labute approximate surface area is 233 Å². The van der Waals surface area contributed by atoms with Gasteiger partial charge in [0, 0.05) is 41.9 Å². The Balaban J connectivity index is 1.09. The van der Waals surface area contributed by atoms with E-state index < -0.39 is 21.8 Å². The first-order valence-electron chi connectivity index (χ1n) is 13.9. The molecule has 1 amide bonds. The van der Waals surface area contributed by atoms with Crippen LogP contribution in [0.4, 0.5) is 5.82 Å². The van der Waals surface area contributed by atoms with Crippen LogP contribution in [0.15, 0.2) is 47.1 Å². The van der Waals surface area contributed by atoms with Gasteiger partial charge in [0.25, 0.3) is 16.0 Å². The normalized spacial score (nSPS) is 22.4. The van der Waals surface area contributed by atoms with Gasteiger partial charge in [-0.05, 0) is 63.1 Å². The van der Waals surface area contributed by atoms with E-state index in [4.69, 9.17) is 13.8 Å². The maximum absolute atomic E-state index is 12.3. The van der Waals surface area contributed by atoms with E-state index in [-0.39, 0.29) is 12.6 Å². The Morgan fingerprint density at radius 2 is 1.88 bits per heavy atom. The number of hydrogen-bond acceptors (Lipinski definition) is 8. The highest BCUT2D eigenvalue weighted by molar-refractivity contribution is 7.85. The third-order valence-electron chi connectivity index (χ3n) is 8.24. The molecule has 11 heteroatoms. The van der Waals surface area contributed by atoms with Crippen molar-refractivity contribution in [3.05, 3.63) is 65.0 Å². The number of hydrogen-bond donors (Lipinski definition) is 2. The monoisotopic (exact) mass is 566 g/mol. The number of aryl methyl sites for hydroxylation is 1. The van der Waals surface area contributed by atoms with Crippen molar-refractivity contribution in [2.24, 2.45) is 0 Å². The highest BCUT2D eigenvalue weighted by Crippen LogP contribution is 2.45. The van der Waals surface area contributed by atoms with Gasteiger partial charge in [-0.3, -0.25) is 9.35 Å². The molecule has 10 nitrogen and oxygen atoms in total. The molecule has 2 aromatic heterocycles. The first kappa shape index (κ1) is 26.9. The molecule has 3 fully saturated rings. The maximum atomic E-state index is 12.3. The van der Waals surface area contributed by atoms with Crippen LogP contribution in [-0.4, -0.2) is 59.5 Å². The van der Waals surface area contributed by atoms with Crippen molar-refractivity contribution in [2.45, 2.75) is 76.2 Å². The van der Waals surface area contributed by atoms with Crippen LogP contribution >= 0.6 is 0 Å². The van der Waals surface area contributed by atoms with E-state index in [0.717, 1.165) is 66.9 Å². The zero-order valence-electron chi connectivity index (χ0n) is 22.5. The van der Waals surface area contributed by atoms with Crippen molar-refractivity contribution in [1.29, 1.82) is 0 Å². The van der Waals surface area contributed by atoms with Crippen LogP contribution in [0.5, 0.6) is 0 Å². The minimum atomic E-state index is -4.13. The number of amides is 1. The van der Waals surface area contributed by atoms with Crippen molar-refractivity contribution < 1.29 is 27.0 Å². The van der Waals surface area contributed by atoms with Crippen LogP contribution in [0.2, 0.25) is 0 Å². The predicted octanol–water partition coefficient (Wildman–Crippen LogP) is 4.26. The predicted molar refractivity (Wildman–Crippen MR) is 149 cm³/mol. The third-order valence-corrected chi connectivity index (χ3v) is 8.96. The van der Waals surface area contributed by atoms with Gasteiger partial charge in [-0.25, -0.2) is 4.98 Å². The minimum Gasteiger partial charge on any atom is -0.373 e. The van der Waals surface area contributed by atoms with Crippen LogP contribution in [0.3, 0.4) is 0 Å². The number of anilines is 1. The van der Waals surface area contributed by atoms with E-state index in [1.54, 1.807) is 6.07 Å². The van der Waals surface area contributed by atoms with Crippen molar-refractivity contribution in [2.75, 3.05) is 17.2 Å². The zero-order valence-corrected chi connectivity index (χ0v) is 23.3. The molecule has 2 N–H and O–H groups in total. The molecule has 3 atom stereocenters. The Morgan fingerprint density at radius 3 is 2.52 bits per heavy atom. The number of pyridine rings is 1. The first-order valence-corrected chi connectivity index (χ1v) is 15.5. The van der Waals surface area contributed by atoms with E-state index in [0.29, 0.717) is 30.2 Å². The summed E-state index contributed by atoms with van der Waals surface area (Å²) < 4.78 is 43.0. The van der Waals surface area contributed by atoms with Gasteiger partial charge in [0.1, 0.15) is 17.3 Å². The molecule has 40 heavy (non-hydrogen) atoms. The number of carbonyl (C=O) groups is 1. The molecule has 2 bridgehead atoms. The van der Waals surface area contributed by atoms with Crippen molar-refractivity contribution in [3.63, 3.8) is 0 Å². The molecule has 1 aromatic carbocycles. The molecule has 3 aromatic rings. The first-order chi connectivity index (χ1) is 19.3. The van der Waals surface area contributed by atoms with Gasteiger partial charge in [0.15, 0.2) is 0 Å². The van der Waals surface area contributed by atoms with E-state index in [1.807, 2.05) is 18.2 Å². The van der Waals surface area contributed by atoms with Gasteiger partial charge in [0.2, 0.25) is 0 Å². The number of nitrogens with one attached hydrogen (secondary N) is 1. The smallest absolute Gasteiger partial charge is 0.266 e. The van der Waals surface area contributed by atoms with Crippen molar-refractivity contribution in [1.82, 2.24) is 15.5 Å². The van der Waals surface area contributed by atoms with E-state index in [2.05, 4.69) is 39.4 Å². The topological polar surface area (TPSA) is 135 Å². The molecule has 4 heterocycles. The molecule has 0 spiro atoms. The quantitative estimate of drug-likeness (QED) is 0.345. The van der Waals surface area contributed by atoms with Crippen LogP contribution in [0, 0.1) is 6.92 Å². The van der Waals surface area contributed by atoms with E-state index >= 15 is 0 Å².